The highest BCUT2D eigenvalue weighted by molar-refractivity contribution is 5.70. The molecule has 0 bridgehead atoms. The Morgan fingerprint density at radius 1 is 1.29 bits per heavy atom. The average molecular weight is 232 g/mol. The molecule has 17 heavy (non-hydrogen) atoms. The summed E-state index contributed by atoms with van der Waals surface area (Å²) in [5.74, 6) is 0.612. The van der Waals surface area contributed by atoms with E-state index in [2.05, 4.69) is 15.0 Å². The SMILES string of the molecule is CN(C)CCCc1nc2ccccc2[n+]([O-])n1. The Morgan fingerprint density at radius 3 is 2.82 bits per heavy atom. The second-order valence-electron chi connectivity index (χ2n) is 4.30. The van der Waals surface area contributed by atoms with Crippen LogP contribution >= 0.6 is 0 Å². The number of aromatic nitrogens is 3. The summed E-state index contributed by atoms with van der Waals surface area (Å²) in [7, 11) is 4.05. The van der Waals surface area contributed by atoms with E-state index in [0.29, 0.717) is 21.7 Å². The van der Waals surface area contributed by atoms with Gasteiger partial charge < -0.3 is 10.1 Å². The lowest BCUT2D eigenvalue weighted by Crippen LogP contribution is -2.34. The summed E-state index contributed by atoms with van der Waals surface area (Å²) < 4.78 is 0. The summed E-state index contributed by atoms with van der Waals surface area (Å²) in [5.41, 5.74) is 1.22. The number of para-hydroxylation sites is 2. The van der Waals surface area contributed by atoms with Gasteiger partial charge in [-0.15, -0.1) is 0 Å². The molecule has 0 saturated heterocycles. The summed E-state index contributed by atoms with van der Waals surface area (Å²) in [5, 5.41) is 15.6. The van der Waals surface area contributed by atoms with E-state index in [-0.39, 0.29) is 0 Å². The third-order valence-electron chi connectivity index (χ3n) is 2.55. The monoisotopic (exact) mass is 232 g/mol. The van der Waals surface area contributed by atoms with Gasteiger partial charge in [0, 0.05) is 17.6 Å². The fourth-order valence-electron chi connectivity index (χ4n) is 1.70. The van der Waals surface area contributed by atoms with Crippen LogP contribution in [0.1, 0.15) is 12.2 Å². The molecule has 90 valence electrons. The average Bonchev–Trinajstić information content (AvgIpc) is 2.28. The first kappa shape index (κ1) is 11.7. The highest BCUT2D eigenvalue weighted by Crippen LogP contribution is 2.06. The lowest BCUT2D eigenvalue weighted by molar-refractivity contribution is -0.644. The van der Waals surface area contributed by atoms with E-state index < -0.39 is 0 Å². The van der Waals surface area contributed by atoms with Crippen molar-refractivity contribution < 1.29 is 4.85 Å². The lowest BCUT2D eigenvalue weighted by Gasteiger charge is -2.07. The number of hydrogen-bond acceptors (Lipinski definition) is 4. The molecule has 1 heterocycles. The molecule has 0 aliphatic heterocycles. The van der Waals surface area contributed by atoms with Crippen LogP contribution in [0.4, 0.5) is 0 Å². The maximum atomic E-state index is 11.7. The zero-order valence-corrected chi connectivity index (χ0v) is 10.1. The van der Waals surface area contributed by atoms with Crippen LogP contribution in [-0.2, 0) is 6.42 Å². The van der Waals surface area contributed by atoms with Gasteiger partial charge in [0.2, 0.25) is 0 Å². The fourth-order valence-corrected chi connectivity index (χ4v) is 1.70. The molecule has 0 aliphatic carbocycles. The maximum absolute atomic E-state index is 11.7. The van der Waals surface area contributed by atoms with Crippen LogP contribution in [0.15, 0.2) is 24.3 Å². The molecular weight excluding hydrogens is 216 g/mol. The fraction of sp³-hybridized carbons (Fsp3) is 0.417. The van der Waals surface area contributed by atoms with Crippen molar-refractivity contribution in [3.8, 4) is 0 Å². The van der Waals surface area contributed by atoms with Crippen molar-refractivity contribution in [2.45, 2.75) is 12.8 Å². The van der Waals surface area contributed by atoms with Gasteiger partial charge in [-0.05, 0) is 38.0 Å². The van der Waals surface area contributed by atoms with Gasteiger partial charge in [0.1, 0.15) is 5.52 Å². The first-order chi connectivity index (χ1) is 8.16. The smallest absolute Gasteiger partial charge is 0.270 e. The molecule has 5 heteroatoms. The molecule has 0 atom stereocenters. The van der Waals surface area contributed by atoms with Crippen LogP contribution in [0.25, 0.3) is 11.0 Å². The Hall–Kier alpha value is -1.75. The van der Waals surface area contributed by atoms with E-state index in [1.54, 1.807) is 6.07 Å². The molecule has 1 aromatic heterocycles. The van der Waals surface area contributed by atoms with E-state index in [4.69, 9.17) is 0 Å². The molecule has 0 radical (unpaired) electrons. The number of hydrogen-bond donors (Lipinski definition) is 0. The number of rotatable bonds is 4. The normalized spacial score (nSPS) is 11.2. The van der Waals surface area contributed by atoms with Crippen molar-refractivity contribution in [2.24, 2.45) is 0 Å². The largest absolute Gasteiger partial charge is 0.594 e. The van der Waals surface area contributed by atoms with Crippen LogP contribution in [0, 0.1) is 5.21 Å². The van der Waals surface area contributed by atoms with Gasteiger partial charge in [-0.3, -0.25) is 0 Å². The Morgan fingerprint density at radius 2 is 2.06 bits per heavy atom. The number of benzene rings is 1. The maximum Gasteiger partial charge on any atom is 0.270 e. The van der Waals surface area contributed by atoms with Crippen LogP contribution in [0.2, 0.25) is 0 Å². The van der Waals surface area contributed by atoms with Crippen molar-refractivity contribution in [3.63, 3.8) is 0 Å². The first-order valence-corrected chi connectivity index (χ1v) is 5.67. The highest BCUT2D eigenvalue weighted by Gasteiger charge is 2.09. The molecule has 0 fully saturated rings. The molecule has 0 spiro atoms. The van der Waals surface area contributed by atoms with Crippen molar-refractivity contribution >= 4 is 11.0 Å². The van der Waals surface area contributed by atoms with Gasteiger partial charge in [-0.1, -0.05) is 12.1 Å². The third-order valence-corrected chi connectivity index (χ3v) is 2.55. The molecule has 0 amide bonds. The first-order valence-electron chi connectivity index (χ1n) is 5.67. The summed E-state index contributed by atoms with van der Waals surface area (Å²) in [6.07, 6.45) is 1.68. The van der Waals surface area contributed by atoms with Gasteiger partial charge >= 0.3 is 0 Å². The topological polar surface area (TPSA) is 56.0 Å². The molecule has 0 unspecified atom stereocenters. The van der Waals surface area contributed by atoms with Gasteiger partial charge in [0.15, 0.2) is 5.82 Å². The van der Waals surface area contributed by atoms with E-state index >= 15 is 0 Å². The summed E-state index contributed by atoms with van der Waals surface area (Å²) in [6, 6.07) is 7.25. The van der Waals surface area contributed by atoms with E-state index in [1.165, 1.54) is 0 Å². The Kier molecular flexibility index (Phi) is 3.49. The minimum atomic E-state index is 0.517. The lowest BCUT2D eigenvalue weighted by atomic mass is 10.2. The second-order valence-corrected chi connectivity index (χ2v) is 4.30. The van der Waals surface area contributed by atoms with Crippen molar-refractivity contribution in [1.82, 2.24) is 15.0 Å². The van der Waals surface area contributed by atoms with Gasteiger partial charge in [0.05, 0.1) is 0 Å². The van der Waals surface area contributed by atoms with Gasteiger partial charge in [0.25, 0.3) is 5.52 Å². The predicted octanol–water partition coefficient (Wildman–Crippen LogP) is 0.757. The number of nitrogens with zero attached hydrogens (tertiary/aromatic N) is 4. The van der Waals surface area contributed by atoms with Crippen LogP contribution in [0.3, 0.4) is 0 Å². The van der Waals surface area contributed by atoms with Gasteiger partial charge in [-0.2, -0.15) is 0 Å². The summed E-state index contributed by atoms with van der Waals surface area (Å²) in [4.78, 5) is 7.15. The van der Waals surface area contributed by atoms with E-state index in [1.807, 2.05) is 32.3 Å². The van der Waals surface area contributed by atoms with Crippen LogP contribution < -0.4 is 4.85 Å². The van der Waals surface area contributed by atoms with Crippen molar-refractivity contribution in [2.75, 3.05) is 20.6 Å². The predicted molar refractivity (Wildman–Crippen MR) is 65.4 cm³/mol. The molecule has 1 aromatic carbocycles. The molecule has 0 saturated carbocycles. The second kappa shape index (κ2) is 5.05. The minimum absolute atomic E-state index is 0.517. The molecule has 2 rings (SSSR count). The Balaban J connectivity index is 2.19. The number of fused-ring (bicyclic) bond motifs is 1. The van der Waals surface area contributed by atoms with Crippen molar-refractivity contribution in [3.05, 3.63) is 35.3 Å². The third kappa shape index (κ3) is 2.88. The molecule has 5 nitrogen and oxygen atoms in total. The Labute approximate surface area is 100 Å². The van der Waals surface area contributed by atoms with Crippen LogP contribution in [-0.4, -0.2) is 35.6 Å². The van der Waals surface area contributed by atoms with E-state index in [9.17, 15) is 5.21 Å². The molecule has 0 aliphatic rings. The summed E-state index contributed by atoms with van der Waals surface area (Å²) >= 11 is 0. The zero-order valence-electron chi connectivity index (χ0n) is 10.1. The molecule has 2 aromatic rings. The van der Waals surface area contributed by atoms with Crippen LogP contribution in [0.5, 0.6) is 0 Å². The minimum Gasteiger partial charge on any atom is -0.594 e. The zero-order chi connectivity index (χ0) is 12.3. The molecule has 0 N–H and O–H groups in total. The standard InChI is InChI=1S/C12H16N4O/c1-15(2)9-5-8-12-13-10-6-3-4-7-11(10)16(17)14-12/h3-4,6-7H,5,8-9H2,1-2H3. The van der Waals surface area contributed by atoms with Crippen molar-refractivity contribution in [1.29, 1.82) is 0 Å². The molecular formula is C12H16N4O. The van der Waals surface area contributed by atoms with E-state index in [0.717, 1.165) is 19.4 Å². The summed E-state index contributed by atoms with van der Waals surface area (Å²) in [6.45, 7) is 0.967. The number of aryl methyl sites for hydroxylation is 1. The Bertz CT molecular complexity index is 513. The van der Waals surface area contributed by atoms with Gasteiger partial charge in [-0.25, -0.2) is 4.98 Å². The highest BCUT2D eigenvalue weighted by atomic mass is 16.5. The quantitative estimate of drug-likeness (QED) is 0.577.